The van der Waals surface area contributed by atoms with Gasteiger partial charge in [-0.1, -0.05) is 6.07 Å². The Hall–Kier alpha value is -4.62. The molecule has 4 heterocycles. The van der Waals surface area contributed by atoms with E-state index in [-0.39, 0.29) is 12.3 Å². The number of rotatable bonds is 6. The maximum Gasteiger partial charge on any atom is 0.171 e. The number of aliphatic hydroxyl groups is 1. The van der Waals surface area contributed by atoms with Crippen LogP contribution in [0.3, 0.4) is 0 Å². The Labute approximate surface area is 195 Å². The van der Waals surface area contributed by atoms with E-state index >= 15 is 0 Å². The van der Waals surface area contributed by atoms with Crippen molar-refractivity contribution in [2.75, 3.05) is 11.9 Å². The molecule has 0 aliphatic heterocycles. The third-order valence-electron chi connectivity index (χ3n) is 5.50. The maximum atomic E-state index is 9.53. The first kappa shape index (κ1) is 21.2. The average Bonchev–Trinajstić information content (AvgIpc) is 3.44. The molecule has 0 spiro atoms. The van der Waals surface area contributed by atoms with Gasteiger partial charge in [-0.15, -0.1) is 5.10 Å². The SMILES string of the molecule is Cc1ccc(Nc2ccc3c(c2)ncn3-c2ccc(CCO)c(-c3c(C#N)n[nH]c3C)n2)nn1. The van der Waals surface area contributed by atoms with Gasteiger partial charge >= 0.3 is 0 Å². The largest absolute Gasteiger partial charge is 0.396 e. The van der Waals surface area contributed by atoms with E-state index in [1.54, 1.807) is 6.33 Å². The highest BCUT2D eigenvalue weighted by atomic mass is 16.2. The van der Waals surface area contributed by atoms with Crippen molar-refractivity contribution in [2.45, 2.75) is 20.3 Å². The molecule has 10 heteroatoms. The van der Waals surface area contributed by atoms with Gasteiger partial charge in [0.15, 0.2) is 11.5 Å². The lowest BCUT2D eigenvalue weighted by atomic mass is 10.0. The summed E-state index contributed by atoms with van der Waals surface area (Å²) < 4.78 is 1.89. The van der Waals surface area contributed by atoms with Gasteiger partial charge in [0.2, 0.25) is 0 Å². The number of hydrogen-bond acceptors (Lipinski definition) is 8. The number of anilines is 2. The number of nitriles is 1. The number of nitrogens with one attached hydrogen (secondary N) is 2. The van der Waals surface area contributed by atoms with Crippen LogP contribution in [0, 0.1) is 25.2 Å². The van der Waals surface area contributed by atoms with Crippen molar-refractivity contribution in [3.05, 3.63) is 71.4 Å². The van der Waals surface area contributed by atoms with Crippen LogP contribution in [-0.4, -0.2) is 46.6 Å². The van der Waals surface area contributed by atoms with Crippen LogP contribution >= 0.6 is 0 Å². The summed E-state index contributed by atoms with van der Waals surface area (Å²) in [6, 6.07) is 15.5. The molecular weight excluding hydrogens is 430 g/mol. The lowest BCUT2D eigenvalue weighted by molar-refractivity contribution is 0.299. The summed E-state index contributed by atoms with van der Waals surface area (Å²) in [7, 11) is 0. The Bertz CT molecular complexity index is 1530. The third kappa shape index (κ3) is 3.85. The van der Waals surface area contributed by atoms with Crippen molar-refractivity contribution < 1.29 is 5.11 Å². The van der Waals surface area contributed by atoms with Crippen LogP contribution in [0.4, 0.5) is 11.5 Å². The molecular formula is C24H21N9O. The van der Waals surface area contributed by atoms with Crippen LogP contribution in [0.25, 0.3) is 28.1 Å². The second-order valence-corrected chi connectivity index (χ2v) is 7.84. The molecule has 0 fully saturated rings. The number of pyridine rings is 1. The van der Waals surface area contributed by atoms with Crippen LogP contribution in [0.5, 0.6) is 0 Å². The molecule has 0 saturated heterocycles. The zero-order valence-corrected chi connectivity index (χ0v) is 18.6. The van der Waals surface area contributed by atoms with Crippen molar-refractivity contribution in [2.24, 2.45) is 0 Å². The lowest BCUT2D eigenvalue weighted by Crippen LogP contribution is -2.03. The Morgan fingerprint density at radius 2 is 2.00 bits per heavy atom. The van der Waals surface area contributed by atoms with E-state index in [1.807, 2.05) is 60.9 Å². The maximum absolute atomic E-state index is 9.53. The van der Waals surface area contributed by atoms with Crippen LogP contribution in [0.2, 0.25) is 0 Å². The highest BCUT2D eigenvalue weighted by molar-refractivity contribution is 5.82. The van der Waals surface area contributed by atoms with E-state index in [2.05, 4.69) is 36.8 Å². The van der Waals surface area contributed by atoms with Crippen LogP contribution < -0.4 is 5.32 Å². The second-order valence-electron chi connectivity index (χ2n) is 7.84. The standard InChI is InChI=1S/C24H21N9O/c1-14-3-7-21(32-29-14)27-17-5-6-20-18(11-17)26-13-33(20)22-8-4-16(9-10-34)24(28-22)23-15(2)30-31-19(23)12-25/h3-8,11,13,34H,9-10H2,1-2H3,(H,27,32)(H,30,31). The van der Waals surface area contributed by atoms with E-state index in [0.717, 1.165) is 33.7 Å². The summed E-state index contributed by atoms with van der Waals surface area (Å²) in [5, 5.41) is 37.4. The summed E-state index contributed by atoms with van der Waals surface area (Å²) in [4.78, 5) is 9.41. The summed E-state index contributed by atoms with van der Waals surface area (Å²) >= 11 is 0. The molecule has 5 aromatic rings. The molecule has 0 aliphatic carbocycles. The fourth-order valence-electron chi connectivity index (χ4n) is 3.84. The van der Waals surface area contributed by atoms with Gasteiger partial charge in [-0.2, -0.15) is 15.5 Å². The fraction of sp³-hybridized carbons (Fsp3) is 0.167. The smallest absolute Gasteiger partial charge is 0.171 e. The number of benzene rings is 1. The first-order valence-electron chi connectivity index (χ1n) is 10.7. The Morgan fingerprint density at radius 3 is 2.76 bits per heavy atom. The summed E-state index contributed by atoms with van der Waals surface area (Å²) in [5.41, 5.74) is 6.46. The predicted octanol–water partition coefficient (Wildman–Crippen LogP) is 3.37. The van der Waals surface area contributed by atoms with E-state index in [9.17, 15) is 10.4 Å². The van der Waals surface area contributed by atoms with Crippen molar-refractivity contribution in [3.63, 3.8) is 0 Å². The van der Waals surface area contributed by atoms with E-state index in [1.165, 1.54) is 0 Å². The van der Waals surface area contributed by atoms with Crippen LogP contribution in [0.1, 0.15) is 22.6 Å². The predicted molar refractivity (Wildman–Crippen MR) is 127 cm³/mol. The van der Waals surface area contributed by atoms with Gasteiger partial charge in [0, 0.05) is 18.0 Å². The molecule has 5 rings (SSSR count). The van der Waals surface area contributed by atoms with E-state index in [4.69, 9.17) is 4.98 Å². The molecule has 10 nitrogen and oxygen atoms in total. The van der Waals surface area contributed by atoms with Crippen molar-refractivity contribution in [3.8, 4) is 23.1 Å². The zero-order valence-electron chi connectivity index (χ0n) is 18.6. The molecule has 0 radical (unpaired) electrons. The van der Waals surface area contributed by atoms with Gasteiger partial charge < -0.3 is 10.4 Å². The molecule has 4 aromatic heterocycles. The highest BCUT2D eigenvalue weighted by Gasteiger charge is 2.19. The molecule has 0 bridgehead atoms. The Kier molecular flexibility index (Phi) is 5.45. The molecule has 1 aromatic carbocycles. The number of aliphatic hydroxyl groups excluding tert-OH is 1. The molecule has 0 amide bonds. The van der Waals surface area contributed by atoms with E-state index in [0.29, 0.717) is 29.3 Å². The van der Waals surface area contributed by atoms with Crippen LogP contribution in [-0.2, 0) is 6.42 Å². The van der Waals surface area contributed by atoms with Crippen molar-refractivity contribution in [1.82, 2.24) is 34.9 Å². The van der Waals surface area contributed by atoms with Gasteiger partial charge in [-0.25, -0.2) is 9.97 Å². The average molecular weight is 451 g/mol. The number of aromatic nitrogens is 7. The molecule has 3 N–H and O–H groups in total. The minimum absolute atomic E-state index is 0.0258. The minimum atomic E-state index is -0.0258. The third-order valence-corrected chi connectivity index (χ3v) is 5.50. The highest BCUT2D eigenvalue weighted by Crippen LogP contribution is 2.30. The van der Waals surface area contributed by atoms with Crippen molar-refractivity contribution in [1.29, 1.82) is 5.26 Å². The van der Waals surface area contributed by atoms with E-state index < -0.39 is 0 Å². The van der Waals surface area contributed by atoms with Gasteiger partial charge in [-0.05, 0) is 62.2 Å². The fourth-order valence-corrected chi connectivity index (χ4v) is 3.84. The van der Waals surface area contributed by atoms with Gasteiger partial charge in [0.25, 0.3) is 0 Å². The topological polar surface area (TPSA) is 141 Å². The molecule has 0 unspecified atom stereocenters. The molecule has 168 valence electrons. The molecule has 0 atom stereocenters. The summed E-state index contributed by atoms with van der Waals surface area (Å²) in [5.74, 6) is 1.30. The number of fused-ring (bicyclic) bond motifs is 1. The molecule has 34 heavy (non-hydrogen) atoms. The second kappa shape index (κ2) is 8.73. The monoisotopic (exact) mass is 451 g/mol. The number of nitrogens with zero attached hydrogens (tertiary/aromatic N) is 7. The number of imidazole rings is 1. The first-order valence-corrected chi connectivity index (χ1v) is 10.7. The summed E-state index contributed by atoms with van der Waals surface area (Å²) in [6.07, 6.45) is 2.13. The zero-order chi connectivity index (χ0) is 23.7. The normalized spacial score (nSPS) is 11.0. The first-order chi connectivity index (χ1) is 16.6. The Balaban J connectivity index is 1.55. The minimum Gasteiger partial charge on any atom is -0.396 e. The Morgan fingerprint density at radius 1 is 1.12 bits per heavy atom. The van der Waals surface area contributed by atoms with Gasteiger partial charge in [0.05, 0.1) is 28.0 Å². The number of aromatic amines is 1. The van der Waals surface area contributed by atoms with Gasteiger partial charge in [-0.3, -0.25) is 9.67 Å². The van der Waals surface area contributed by atoms with Gasteiger partial charge in [0.1, 0.15) is 18.2 Å². The van der Waals surface area contributed by atoms with Crippen LogP contribution in [0.15, 0.2) is 48.8 Å². The molecule has 0 saturated carbocycles. The number of hydrogen-bond donors (Lipinski definition) is 3. The number of aryl methyl sites for hydroxylation is 2. The quantitative estimate of drug-likeness (QED) is 0.357. The van der Waals surface area contributed by atoms with Crippen molar-refractivity contribution >= 4 is 22.5 Å². The summed E-state index contributed by atoms with van der Waals surface area (Å²) in [6.45, 7) is 3.71. The molecule has 0 aliphatic rings. The lowest BCUT2D eigenvalue weighted by Gasteiger charge is -2.12. The number of H-pyrrole nitrogens is 1.